The summed E-state index contributed by atoms with van der Waals surface area (Å²) in [5, 5.41) is 14.3. The number of fused-ring (bicyclic) bond motifs is 1. The minimum Gasteiger partial charge on any atom is -0.369 e. The molecule has 0 spiro atoms. The number of hydrogen-bond acceptors (Lipinski definition) is 11. The SMILES string of the molecule is C[C@@H]1CN(c2ccc(C#N)c(C(F)(F)F)c2)[C@@H](C)CN1C(=O)Nc1ccc(N2CCC(CN3CCN(c4ccc5c(c4)C(=O)N(C4CCC(=O)NC4=O)C5=O)CC3)CC2)nc1. The smallest absolute Gasteiger partial charge is 0.369 e. The first-order valence-electron chi connectivity index (χ1n) is 20.7. The van der Waals surface area contributed by atoms with E-state index in [4.69, 9.17) is 0 Å². The number of carbonyl (C=O) groups is 5. The Hall–Kier alpha value is -6.22. The van der Waals surface area contributed by atoms with Crippen molar-refractivity contribution in [3.8, 4) is 6.07 Å². The van der Waals surface area contributed by atoms with Gasteiger partial charge >= 0.3 is 12.2 Å². The summed E-state index contributed by atoms with van der Waals surface area (Å²) in [5.74, 6) is -0.698. The van der Waals surface area contributed by atoms with Crippen LogP contribution in [0.3, 0.4) is 0 Å². The van der Waals surface area contributed by atoms with Crippen LogP contribution in [0.5, 0.6) is 0 Å². The van der Waals surface area contributed by atoms with Crippen LogP contribution in [-0.2, 0) is 15.8 Å². The van der Waals surface area contributed by atoms with Crippen LogP contribution in [0.2, 0.25) is 0 Å². The lowest BCUT2D eigenvalue weighted by molar-refractivity contribution is -0.138. The van der Waals surface area contributed by atoms with E-state index in [0.29, 0.717) is 30.4 Å². The van der Waals surface area contributed by atoms with Crippen LogP contribution in [0.4, 0.5) is 40.8 Å². The van der Waals surface area contributed by atoms with Crippen LogP contribution in [0.25, 0.3) is 0 Å². The number of piperidine rings is 2. The number of halogens is 3. The van der Waals surface area contributed by atoms with Crippen molar-refractivity contribution in [2.24, 2.45) is 5.92 Å². The summed E-state index contributed by atoms with van der Waals surface area (Å²) in [5.41, 5.74) is 0.903. The van der Waals surface area contributed by atoms with Gasteiger partial charge in [0.1, 0.15) is 11.9 Å². The average Bonchev–Trinajstić information content (AvgIpc) is 3.49. The minimum atomic E-state index is -4.66. The van der Waals surface area contributed by atoms with Gasteiger partial charge in [-0.1, -0.05) is 0 Å². The number of pyridine rings is 1. The molecule has 0 bridgehead atoms. The molecule has 320 valence electrons. The Morgan fingerprint density at radius 2 is 1.57 bits per heavy atom. The average molecular weight is 841 g/mol. The topological polar surface area (TPSA) is 166 Å². The molecule has 8 rings (SSSR count). The fourth-order valence-corrected chi connectivity index (χ4v) is 9.21. The molecule has 2 N–H and O–H groups in total. The Bertz CT molecular complexity index is 2270. The minimum absolute atomic E-state index is 0.0739. The van der Waals surface area contributed by atoms with Crippen LogP contribution in [-0.4, -0.2) is 126 Å². The fraction of sp³-hybridized carbons (Fsp3) is 0.465. The van der Waals surface area contributed by atoms with Crippen LogP contribution in [0, 0.1) is 17.2 Å². The maximum Gasteiger partial charge on any atom is 0.417 e. The number of nitrogens with one attached hydrogen (secondary N) is 2. The Balaban J connectivity index is 0.781. The van der Waals surface area contributed by atoms with E-state index in [0.717, 1.165) is 81.1 Å². The van der Waals surface area contributed by atoms with Crippen molar-refractivity contribution >= 4 is 52.5 Å². The van der Waals surface area contributed by atoms with Gasteiger partial charge in [-0.2, -0.15) is 18.4 Å². The van der Waals surface area contributed by atoms with E-state index >= 15 is 0 Å². The predicted octanol–water partition coefficient (Wildman–Crippen LogP) is 4.54. The number of rotatable bonds is 7. The third-order valence-electron chi connectivity index (χ3n) is 12.6. The molecule has 18 heteroatoms. The van der Waals surface area contributed by atoms with Gasteiger partial charge in [0.25, 0.3) is 11.8 Å². The zero-order valence-corrected chi connectivity index (χ0v) is 34.0. The molecule has 3 aromatic rings. The van der Waals surface area contributed by atoms with Crippen molar-refractivity contribution in [2.45, 2.75) is 63.8 Å². The number of nitrogens with zero attached hydrogens (tertiary/aromatic N) is 8. The van der Waals surface area contributed by atoms with Gasteiger partial charge in [-0.25, -0.2) is 9.78 Å². The molecule has 4 saturated heterocycles. The van der Waals surface area contributed by atoms with Crippen molar-refractivity contribution in [2.75, 3.05) is 78.9 Å². The van der Waals surface area contributed by atoms with E-state index < -0.39 is 47.0 Å². The predicted molar refractivity (Wildman–Crippen MR) is 219 cm³/mol. The molecule has 5 aliphatic rings. The van der Waals surface area contributed by atoms with Gasteiger partial charge in [0.05, 0.1) is 40.2 Å². The molecule has 6 amide bonds. The highest BCUT2D eigenvalue weighted by Crippen LogP contribution is 2.36. The highest BCUT2D eigenvalue weighted by atomic mass is 19.4. The van der Waals surface area contributed by atoms with E-state index in [-0.39, 0.29) is 42.1 Å². The lowest BCUT2D eigenvalue weighted by atomic mass is 9.96. The summed E-state index contributed by atoms with van der Waals surface area (Å²) in [6, 6.07) is 12.4. The van der Waals surface area contributed by atoms with E-state index in [1.165, 1.54) is 12.1 Å². The van der Waals surface area contributed by atoms with Crippen LogP contribution >= 0.6 is 0 Å². The number of carbonyl (C=O) groups excluding carboxylic acids is 5. The van der Waals surface area contributed by atoms with Gasteiger partial charge in [-0.05, 0) is 87.6 Å². The Kier molecular flexibility index (Phi) is 11.3. The monoisotopic (exact) mass is 840 g/mol. The fourth-order valence-electron chi connectivity index (χ4n) is 9.21. The van der Waals surface area contributed by atoms with Crippen molar-refractivity contribution in [1.29, 1.82) is 5.26 Å². The second kappa shape index (κ2) is 16.7. The van der Waals surface area contributed by atoms with Gasteiger partial charge < -0.3 is 24.9 Å². The maximum atomic E-state index is 13.6. The summed E-state index contributed by atoms with van der Waals surface area (Å²) in [7, 11) is 0. The molecule has 0 saturated carbocycles. The molecule has 4 fully saturated rings. The van der Waals surface area contributed by atoms with Gasteiger partial charge in [0, 0.05) is 88.8 Å². The van der Waals surface area contributed by atoms with Crippen LogP contribution < -0.4 is 25.3 Å². The third-order valence-corrected chi connectivity index (χ3v) is 12.6. The highest BCUT2D eigenvalue weighted by molar-refractivity contribution is 6.23. The number of amides is 6. The lowest BCUT2D eigenvalue weighted by Crippen LogP contribution is -2.59. The molecule has 15 nitrogen and oxygen atoms in total. The van der Waals surface area contributed by atoms with Crippen molar-refractivity contribution < 1.29 is 37.1 Å². The maximum absolute atomic E-state index is 13.6. The molecule has 6 heterocycles. The summed E-state index contributed by atoms with van der Waals surface area (Å²) in [6.07, 6.45) is -0.812. The standard InChI is InChI=1S/C43H47F3N10O5/c1-26-24-55(27(2)23-54(26)32-5-3-29(21-47)35(20-32)43(44,45)46)42(61)49-30-4-9-37(48-22-30)53-13-11-28(12-14-53)25-51-15-17-52(18-16-51)31-6-7-33-34(19-31)41(60)56(40(33)59)36-8-10-38(57)50-39(36)58/h3-7,9,19-20,22,26-28,36H,8,10-18,23-25H2,1-2H3,(H,49,61)(H,50,57,58)/t26-,27+,36?/m0/s1. The summed E-state index contributed by atoms with van der Waals surface area (Å²) in [6.45, 7) is 10.2. The van der Waals surface area contributed by atoms with Gasteiger partial charge in [-0.15, -0.1) is 0 Å². The number of aromatic nitrogens is 1. The van der Waals surface area contributed by atoms with Gasteiger partial charge in [-0.3, -0.25) is 34.3 Å². The Labute approximate surface area is 351 Å². The van der Waals surface area contributed by atoms with E-state index in [1.807, 2.05) is 36.9 Å². The summed E-state index contributed by atoms with van der Waals surface area (Å²) in [4.78, 5) is 79.9. The van der Waals surface area contributed by atoms with E-state index in [9.17, 15) is 42.4 Å². The van der Waals surface area contributed by atoms with E-state index in [1.54, 1.807) is 29.3 Å². The largest absolute Gasteiger partial charge is 0.417 e. The molecule has 61 heavy (non-hydrogen) atoms. The zero-order chi connectivity index (χ0) is 43.2. The first-order valence-corrected chi connectivity index (χ1v) is 20.7. The molecule has 0 radical (unpaired) electrons. The molecule has 3 atom stereocenters. The van der Waals surface area contributed by atoms with Crippen LogP contribution in [0.15, 0.2) is 54.7 Å². The Morgan fingerprint density at radius 1 is 0.852 bits per heavy atom. The van der Waals surface area contributed by atoms with Gasteiger partial charge in [0.2, 0.25) is 11.8 Å². The third kappa shape index (κ3) is 8.43. The quantitative estimate of drug-likeness (QED) is 0.321. The second-order valence-electron chi connectivity index (χ2n) is 16.6. The number of hydrogen-bond donors (Lipinski definition) is 2. The molecule has 5 aliphatic heterocycles. The molecule has 1 aromatic heterocycles. The molecule has 2 aromatic carbocycles. The number of imide groups is 2. The number of benzene rings is 2. The molecular formula is C43H47F3N10O5. The number of urea groups is 1. The normalized spacial score (nSPS) is 23.0. The van der Waals surface area contributed by atoms with Crippen molar-refractivity contribution in [1.82, 2.24) is 25.0 Å². The van der Waals surface area contributed by atoms with Crippen LogP contribution in [0.1, 0.15) is 71.4 Å². The number of piperazine rings is 2. The number of nitriles is 1. The van der Waals surface area contributed by atoms with Gasteiger partial charge in [0.15, 0.2) is 0 Å². The van der Waals surface area contributed by atoms with E-state index in [2.05, 4.69) is 30.3 Å². The first kappa shape index (κ1) is 41.5. The highest BCUT2D eigenvalue weighted by Gasteiger charge is 2.45. The first-order chi connectivity index (χ1) is 29.2. The second-order valence-corrected chi connectivity index (χ2v) is 16.6. The number of anilines is 4. The number of alkyl halides is 3. The molecular weight excluding hydrogens is 794 g/mol. The zero-order valence-electron chi connectivity index (χ0n) is 34.0. The Morgan fingerprint density at radius 3 is 2.25 bits per heavy atom. The summed E-state index contributed by atoms with van der Waals surface area (Å²) < 4.78 is 40.9. The molecule has 1 unspecified atom stereocenters. The van der Waals surface area contributed by atoms with Crippen molar-refractivity contribution in [3.05, 3.63) is 77.0 Å². The summed E-state index contributed by atoms with van der Waals surface area (Å²) >= 11 is 0. The van der Waals surface area contributed by atoms with Crippen molar-refractivity contribution in [3.63, 3.8) is 0 Å². The molecule has 0 aliphatic carbocycles. The lowest BCUT2D eigenvalue weighted by Gasteiger charge is -2.45.